The minimum Gasteiger partial charge on any atom is -0.315 e. The Labute approximate surface area is 262 Å². The molecule has 232 valence electrons. The molecule has 1 saturated heterocycles. The van der Waals surface area contributed by atoms with Crippen molar-refractivity contribution < 1.29 is 26.3 Å². The highest BCUT2D eigenvalue weighted by Gasteiger charge is 2.86. The smallest absolute Gasteiger partial charge is 0.315 e. The summed E-state index contributed by atoms with van der Waals surface area (Å²) in [7, 11) is 0. The van der Waals surface area contributed by atoms with E-state index in [4.69, 9.17) is 0 Å². The van der Waals surface area contributed by atoms with Crippen LogP contribution in [0.5, 0.6) is 0 Å². The lowest BCUT2D eigenvalue weighted by Crippen LogP contribution is -2.89. The van der Waals surface area contributed by atoms with Crippen molar-refractivity contribution in [2.24, 2.45) is 0 Å². The predicted molar refractivity (Wildman–Crippen MR) is 164 cm³/mol. The lowest BCUT2D eigenvalue weighted by molar-refractivity contribution is -0.138. The average Bonchev–Trinajstić information content (AvgIpc) is 3.80. The molecule has 3 heterocycles. The maximum Gasteiger partial charge on any atom is 0.416 e. The van der Waals surface area contributed by atoms with Crippen LogP contribution in [-0.2, 0) is 34.5 Å². The van der Waals surface area contributed by atoms with Crippen molar-refractivity contribution in [2.45, 2.75) is 60.2 Å². The zero-order valence-electron chi connectivity index (χ0n) is 24.5. The molecule has 0 amide bonds. The van der Waals surface area contributed by atoms with Crippen molar-refractivity contribution in [3.05, 3.63) is 155 Å². The van der Waals surface area contributed by atoms with E-state index in [-0.39, 0.29) is 0 Å². The highest BCUT2D eigenvalue weighted by molar-refractivity contribution is 5.90. The summed E-state index contributed by atoms with van der Waals surface area (Å²) in [6, 6.07) is 27.8. The first-order valence-electron chi connectivity index (χ1n) is 15.5. The molecular weight excluding hydrogens is 598 g/mol. The van der Waals surface area contributed by atoms with E-state index < -0.39 is 45.6 Å². The van der Waals surface area contributed by atoms with Gasteiger partial charge < -0.3 is 9.80 Å². The number of alkyl halides is 6. The molecule has 5 aliphatic rings. The van der Waals surface area contributed by atoms with Gasteiger partial charge in [-0.25, -0.2) is 0 Å². The summed E-state index contributed by atoms with van der Waals surface area (Å²) >= 11 is 0. The van der Waals surface area contributed by atoms with Crippen molar-refractivity contribution in [3.63, 3.8) is 0 Å². The van der Waals surface area contributed by atoms with Crippen LogP contribution in [0.4, 0.5) is 37.7 Å². The van der Waals surface area contributed by atoms with Gasteiger partial charge in [-0.3, -0.25) is 0 Å². The fourth-order valence-electron chi connectivity index (χ4n) is 9.86. The van der Waals surface area contributed by atoms with Gasteiger partial charge in [-0.05, 0) is 84.3 Å². The summed E-state index contributed by atoms with van der Waals surface area (Å²) in [6.45, 7) is 0. The number of allylic oxidation sites excluding steroid dienone is 4. The van der Waals surface area contributed by atoms with Gasteiger partial charge in [0.25, 0.3) is 0 Å². The summed E-state index contributed by atoms with van der Waals surface area (Å²) < 4.78 is 86.2. The monoisotopic (exact) mass is 626 g/mol. The average molecular weight is 627 g/mol. The number of hydrogen-bond donors (Lipinski definition) is 0. The van der Waals surface area contributed by atoms with Gasteiger partial charge in [0, 0.05) is 11.4 Å². The molecule has 0 saturated carbocycles. The van der Waals surface area contributed by atoms with Gasteiger partial charge in [-0.2, -0.15) is 26.3 Å². The van der Waals surface area contributed by atoms with Gasteiger partial charge in [0.05, 0.1) is 22.0 Å². The molecule has 0 aromatic heterocycles. The van der Waals surface area contributed by atoms with Gasteiger partial charge in [-0.1, -0.05) is 85.0 Å². The van der Waals surface area contributed by atoms with E-state index in [1.807, 2.05) is 85.0 Å². The van der Waals surface area contributed by atoms with Crippen molar-refractivity contribution in [2.75, 3.05) is 9.80 Å². The van der Waals surface area contributed by atoms with Crippen LogP contribution < -0.4 is 9.80 Å². The summed E-state index contributed by atoms with van der Waals surface area (Å²) in [5.74, 6) is 0. The third-order valence-corrected chi connectivity index (χ3v) is 11.3. The van der Waals surface area contributed by atoms with E-state index in [1.54, 1.807) is 12.1 Å². The molecule has 46 heavy (non-hydrogen) atoms. The lowest BCUT2D eigenvalue weighted by atomic mass is 9.57. The molecule has 2 aliphatic carbocycles. The Morgan fingerprint density at radius 1 is 0.457 bits per heavy atom. The van der Waals surface area contributed by atoms with Gasteiger partial charge in [0.2, 0.25) is 0 Å². The summed E-state index contributed by atoms with van der Waals surface area (Å²) in [4.78, 5) is 4.63. The Bertz CT molecular complexity index is 1790. The zero-order chi connectivity index (χ0) is 31.7. The Kier molecular flexibility index (Phi) is 5.24. The summed E-state index contributed by atoms with van der Waals surface area (Å²) in [6.07, 6.45) is 1.01. The second-order valence-electron chi connectivity index (χ2n) is 13.1. The van der Waals surface area contributed by atoms with E-state index in [9.17, 15) is 26.3 Å². The molecule has 0 bridgehead atoms. The van der Waals surface area contributed by atoms with Crippen LogP contribution in [-0.4, -0.2) is 0 Å². The van der Waals surface area contributed by atoms with Gasteiger partial charge in [0.1, 0.15) is 0 Å². The minimum atomic E-state index is -4.54. The van der Waals surface area contributed by atoms with Gasteiger partial charge in [0.15, 0.2) is 11.3 Å². The Hall–Kier alpha value is -4.46. The van der Waals surface area contributed by atoms with Crippen molar-refractivity contribution in [1.82, 2.24) is 0 Å². The van der Waals surface area contributed by atoms with Crippen LogP contribution in [0, 0.1) is 0 Å². The van der Waals surface area contributed by atoms with E-state index in [0.29, 0.717) is 48.2 Å². The molecule has 4 aromatic rings. The third-order valence-electron chi connectivity index (χ3n) is 11.3. The second-order valence-corrected chi connectivity index (χ2v) is 13.1. The topological polar surface area (TPSA) is 6.48 Å². The largest absolute Gasteiger partial charge is 0.416 e. The molecule has 2 nitrogen and oxygen atoms in total. The van der Waals surface area contributed by atoms with Crippen LogP contribution in [0.25, 0.3) is 0 Å². The van der Waals surface area contributed by atoms with E-state index in [0.717, 1.165) is 23.3 Å². The zero-order valence-corrected chi connectivity index (χ0v) is 24.5. The number of nitrogens with zero attached hydrogens (tertiary/aromatic N) is 2. The lowest BCUT2D eigenvalue weighted by Gasteiger charge is -2.76. The highest BCUT2D eigenvalue weighted by atomic mass is 19.4. The van der Waals surface area contributed by atoms with Crippen LogP contribution in [0.2, 0.25) is 0 Å². The molecule has 8 heteroatoms. The number of halogens is 6. The van der Waals surface area contributed by atoms with Crippen LogP contribution in [0.3, 0.4) is 0 Å². The normalized spacial score (nSPS) is 26.0. The van der Waals surface area contributed by atoms with Crippen molar-refractivity contribution in [3.8, 4) is 0 Å². The molecular formula is C38H28F6N2. The second kappa shape index (κ2) is 8.66. The van der Waals surface area contributed by atoms with E-state index in [1.165, 1.54) is 12.1 Å². The number of fused-ring (bicyclic) bond motifs is 12. The fourth-order valence-corrected chi connectivity index (χ4v) is 9.86. The first-order chi connectivity index (χ1) is 22.0. The maximum absolute atomic E-state index is 14.4. The molecule has 4 aromatic carbocycles. The summed E-state index contributed by atoms with van der Waals surface area (Å²) in [5, 5.41) is 0. The first-order valence-corrected chi connectivity index (χ1v) is 15.5. The molecule has 0 radical (unpaired) electrons. The van der Waals surface area contributed by atoms with E-state index in [2.05, 4.69) is 9.80 Å². The SMILES string of the molecule is FC(F)(F)c1ccc2c(c1)C1(CC=CC1)C1(c3ccccc3)N2C2(c3ccccc3)N1c1ccc(C(F)(F)F)cc1C21CC=CC1. The Morgan fingerprint density at radius 3 is 1.13 bits per heavy atom. The van der Waals surface area contributed by atoms with Crippen molar-refractivity contribution in [1.29, 1.82) is 0 Å². The van der Waals surface area contributed by atoms with Crippen LogP contribution in [0.1, 0.15) is 59.1 Å². The number of benzene rings is 4. The van der Waals surface area contributed by atoms with E-state index >= 15 is 0 Å². The minimum absolute atomic E-state index is 0.481. The Balaban J connectivity index is 1.46. The molecule has 0 N–H and O–H groups in total. The maximum atomic E-state index is 14.4. The van der Waals surface area contributed by atoms with Gasteiger partial charge in [-0.15, -0.1) is 0 Å². The standard InChI is InChI=1S/C38H28F6N2/c39-37(40,41)27-15-17-31-29(23-27)33(19-7-8-20-33)35(25-11-3-1-4-12-25)45(31)36(26-13-5-2-6-14-26)34(21-9-10-22-34)30-24-28(38(42,43)44)16-18-32(30)46(35)36/h1-18,23-24H,19-22H2. The van der Waals surface area contributed by atoms with Crippen LogP contribution in [0.15, 0.2) is 121 Å². The molecule has 2 spiro atoms. The quantitative estimate of drug-likeness (QED) is 0.161. The number of hydrogen-bond acceptors (Lipinski definition) is 2. The molecule has 0 unspecified atom stereocenters. The van der Waals surface area contributed by atoms with Crippen LogP contribution >= 0.6 is 0 Å². The molecule has 9 rings (SSSR count). The molecule has 0 atom stereocenters. The summed E-state index contributed by atoms with van der Waals surface area (Å²) in [5.41, 5.74) is -0.748. The molecule has 1 fully saturated rings. The first kappa shape index (κ1) is 27.8. The Morgan fingerprint density at radius 2 is 0.804 bits per heavy atom. The predicted octanol–water partition coefficient (Wildman–Crippen LogP) is 9.96. The highest BCUT2D eigenvalue weighted by Crippen LogP contribution is 2.82. The number of anilines is 2. The molecule has 3 aliphatic heterocycles. The van der Waals surface area contributed by atoms with Gasteiger partial charge >= 0.3 is 12.4 Å². The number of rotatable bonds is 2. The third kappa shape index (κ3) is 2.93. The fraction of sp³-hybridized carbons (Fsp3) is 0.263. The van der Waals surface area contributed by atoms with Crippen molar-refractivity contribution >= 4 is 11.4 Å².